The second-order valence-corrected chi connectivity index (χ2v) is 6.22. The summed E-state index contributed by atoms with van der Waals surface area (Å²) in [5.41, 5.74) is 0. The van der Waals surface area contributed by atoms with Crippen molar-refractivity contribution in [2.24, 2.45) is 0 Å². The van der Waals surface area contributed by atoms with Crippen LogP contribution in [0.25, 0.3) is 0 Å². The maximum absolute atomic E-state index is 12.3. The lowest BCUT2D eigenvalue weighted by Crippen LogP contribution is -2.29. The molecule has 0 radical (unpaired) electrons. The molecule has 0 spiro atoms. The van der Waals surface area contributed by atoms with Crippen LogP contribution in [0.1, 0.15) is 26.7 Å². The Morgan fingerprint density at radius 3 is 1.43 bits per heavy atom. The number of nitrogens with zero attached hydrogens (tertiary/aromatic N) is 1. The van der Waals surface area contributed by atoms with E-state index in [4.69, 9.17) is 0 Å². The van der Waals surface area contributed by atoms with Gasteiger partial charge in [0, 0.05) is 13.1 Å². The van der Waals surface area contributed by atoms with Crippen molar-refractivity contribution in [1.82, 2.24) is 4.67 Å². The highest BCUT2D eigenvalue weighted by Gasteiger charge is 2.41. The molecule has 0 rings (SSSR count). The van der Waals surface area contributed by atoms with Gasteiger partial charge in [0.15, 0.2) is 13.2 Å². The van der Waals surface area contributed by atoms with E-state index in [0.29, 0.717) is 12.8 Å². The van der Waals surface area contributed by atoms with Crippen LogP contribution >= 0.6 is 7.75 Å². The predicted molar refractivity (Wildman–Crippen MR) is 63.8 cm³/mol. The average Bonchev–Trinajstić information content (AvgIpc) is 2.32. The van der Waals surface area contributed by atoms with E-state index in [-0.39, 0.29) is 13.1 Å². The zero-order valence-electron chi connectivity index (χ0n) is 11.6. The number of hydrogen-bond acceptors (Lipinski definition) is 3. The fraction of sp³-hybridized carbons (Fsp3) is 1.00. The quantitative estimate of drug-likeness (QED) is 0.459. The first kappa shape index (κ1) is 20.7. The van der Waals surface area contributed by atoms with Crippen LogP contribution in [-0.2, 0) is 13.6 Å². The minimum atomic E-state index is -4.82. The number of halogens is 6. The second-order valence-electron chi connectivity index (χ2n) is 4.20. The molecule has 0 aliphatic carbocycles. The fourth-order valence-electron chi connectivity index (χ4n) is 1.38. The van der Waals surface area contributed by atoms with Crippen molar-refractivity contribution in [2.75, 3.05) is 26.3 Å². The molecular formula is C10H18F6NO3P. The van der Waals surface area contributed by atoms with Gasteiger partial charge in [-0.25, -0.2) is 9.24 Å². The monoisotopic (exact) mass is 345 g/mol. The summed E-state index contributed by atoms with van der Waals surface area (Å²) in [4.78, 5) is 0. The summed E-state index contributed by atoms with van der Waals surface area (Å²) in [6, 6.07) is 0. The number of hydrogen-bond donors (Lipinski definition) is 0. The highest BCUT2D eigenvalue weighted by molar-refractivity contribution is 7.51. The Kier molecular flexibility index (Phi) is 8.23. The van der Waals surface area contributed by atoms with Gasteiger partial charge in [-0.05, 0) is 12.8 Å². The third-order valence-corrected chi connectivity index (χ3v) is 4.10. The Hall–Kier alpha value is -0.310. The van der Waals surface area contributed by atoms with Gasteiger partial charge in [0.25, 0.3) is 0 Å². The summed E-state index contributed by atoms with van der Waals surface area (Å²) in [5.74, 6) is 0. The normalized spacial score (nSPS) is 14.0. The smallest absolute Gasteiger partial charge is 0.287 e. The largest absolute Gasteiger partial charge is 0.412 e. The van der Waals surface area contributed by atoms with Crippen molar-refractivity contribution >= 4 is 7.75 Å². The van der Waals surface area contributed by atoms with E-state index in [1.807, 2.05) is 0 Å². The first-order chi connectivity index (χ1) is 9.43. The molecule has 0 unspecified atom stereocenters. The third kappa shape index (κ3) is 9.34. The molecule has 4 nitrogen and oxygen atoms in total. The third-order valence-electron chi connectivity index (χ3n) is 2.09. The second kappa shape index (κ2) is 8.36. The summed E-state index contributed by atoms with van der Waals surface area (Å²) >= 11 is 0. The summed E-state index contributed by atoms with van der Waals surface area (Å²) in [5, 5.41) is 0. The summed E-state index contributed by atoms with van der Waals surface area (Å²) in [7, 11) is -4.66. The summed E-state index contributed by atoms with van der Waals surface area (Å²) < 4.78 is 94.5. The van der Waals surface area contributed by atoms with Gasteiger partial charge in [-0.2, -0.15) is 26.3 Å². The highest BCUT2D eigenvalue weighted by Crippen LogP contribution is 2.53. The molecule has 0 aromatic rings. The van der Waals surface area contributed by atoms with Gasteiger partial charge in [-0.3, -0.25) is 9.05 Å². The van der Waals surface area contributed by atoms with Crippen LogP contribution < -0.4 is 0 Å². The van der Waals surface area contributed by atoms with E-state index in [1.54, 1.807) is 13.8 Å². The molecule has 128 valence electrons. The van der Waals surface area contributed by atoms with Crippen molar-refractivity contribution < 1.29 is 40.0 Å². The van der Waals surface area contributed by atoms with E-state index in [1.165, 1.54) is 0 Å². The number of alkyl halides is 6. The zero-order valence-corrected chi connectivity index (χ0v) is 12.5. The first-order valence-corrected chi connectivity index (χ1v) is 7.71. The van der Waals surface area contributed by atoms with Crippen LogP contribution in [0.4, 0.5) is 26.3 Å². The number of rotatable bonds is 9. The van der Waals surface area contributed by atoms with E-state index < -0.39 is 33.3 Å². The van der Waals surface area contributed by atoms with Crippen LogP contribution in [-0.4, -0.2) is 43.3 Å². The maximum atomic E-state index is 12.3. The van der Waals surface area contributed by atoms with Crippen LogP contribution in [0.15, 0.2) is 0 Å². The molecule has 21 heavy (non-hydrogen) atoms. The lowest BCUT2D eigenvalue weighted by Gasteiger charge is -2.30. The van der Waals surface area contributed by atoms with Gasteiger partial charge in [0.2, 0.25) is 0 Å². The van der Waals surface area contributed by atoms with Gasteiger partial charge < -0.3 is 0 Å². The lowest BCUT2D eigenvalue weighted by atomic mass is 10.4. The topological polar surface area (TPSA) is 38.8 Å². The van der Waals surface area contributed by atoms with Gasteiger partial charge >= 0.3 is 20.1 Å². The molecule has 0 aliphatic rings. The minimum absolute atomic E-state index is 0.000825. The molecule has 0 amide bonds. The van der Waals surface area contributed by atoms with Crippen molar-refractivity contribution in [1.29, 1.82) is 0 Å². The molecule has 0 heterocycles. The van der Waals surface area contributed by atoms with Crippen LogP contribution in [0.3, 0.4) is 0 Å². The lowest BCUT2D eigenvalue weighted by molar-refractivity contribution is -0.167. The molecule has 0 saturated carbocycles. The first-order valence-electron chi connectivity index (χ1n) is 6.21. The maximum Gasteiger partial charge on any atom is 0.412 e. The van der Waals surface area contributed by atoms with Gasteiger partial charge in [-0.1, -0.05) is 13.8 Å². The van der Waals surface area contributed by atoms with Crippen molar-refractivity contribution in [3.8, 4) is 0 Å². The molecule has 0 aliphatic heterocycles. The Morgan fingerprint density at radius 1 is 0.857 bits per heavy atom. The Balaban J connectivity index is 5.06. The Morgan fingerprint density at radius 2 is 1.19 bits per heavy atom. The average molecular weight is 345 g/mol. The van der Waals surface area contributed by atoms with Crippen LogP contribution in [0, 0.1) is 0 Å². The predicted octanol–water partition coefficient (Wildman–Crippen LogP) is 4.37. The van der Waals surface area contributed by atoms with Gasteiger partial charge in [0.05, 0.1) is 0 Å². The fourth-order valence-corrected chi connectivity index (χ4v) is 3.29. The van der Waals surface area contributed by atoms with Crippen LogP contribution in [0.5, 0.6) is 0 Å². The molecule has 0 fully saturated rings. The van der Waals surface area contributed by atoms with Crippen molar-refractivity contribution in [3.63, 3.8) is 0 Å². The molecule has 0 N–H and O–H groups in total. The standard InChI is InChI=1S/C10H18F6NO3P/c1-3-5-17(6-4-2)21(18,19-7-9(11,12)13)20-8-10(14,15)16/h3-8H2,1-2H3. The molecule has 0 bridgehead atoms. The van der Waals surface area contributed by atoms with Gasteiger partial charge in [-0.15, -0.1) is 0 Å². The Bertz CT molecular complexity index is 319. The molecule has 0 aromatic carbocycles. The van der Waals surface area contributed by atoms with E-state index >= 15 is 0 Å². The Labute approximate surface area is 119 Å². The molecular weight excluding hydrogens is 327 g/mol. The zero-order chi connectivity index (χ0) is 16.7. The molecule has 0 aromatic heterocycles. The summed E-state index contributed by atoms with van der Waals surface area (Å²) in [6.07, 6.45) is -8.90. The van der Waals surface area contributed by atoms with E-state index in [2.05, 4.69) is 9.05 Å². The van der Waals surface area contributed by atoms with Gasteiger partial charge in [0.1, 0.15) is 0 Å². The van der Waals surface area contributed by atoms with E-state index in [9.17, 15) is 30.9 Å². The molecule has 0 saturated heterocycles. The van der Waals surface area contributed by atoms with Crippen LogP contribution in [0.2, 0.25) is 0 Å². The summed E-state index contributed by atoms with van der Waals surface area (Å²) in [6.45, 7) is -0.596. The van der Waals surface area contributed by atoms with Crippen molar-refractivity contribution in [2.45, 2.75) is 39.0 Å². The minimum Gasteiger partial charge on any atom is -0.287 e. The highest BCUT2D eigenvalue weighted by atomic mass is 31.2. The molecule has 11 heteroatoms. The van der Waals surface area contributed by atoms with Crippen molar-refractivity contribution in [3.05, 3.63) is 0 Å². The van der Waals surface area contributed by atoms with E-state index in [0.717, 1.165) is 4.67 Å². The SMILES string of the molecule is CCCN(CCC)P(=O)(OCC(F)(F)F)OCC(F)(F)F. The molecule has 0 atom stereocenters.